The van der Waals surface area contributed by atoms with Crippen LogP contribution < -0.4 is 10.8 Å². The van der Waals surface area contributed by atoms with E-state index < -0.39 is 0 Å². The Morgan fingerprint density at radius 3 is 2.82 bits per heavy atom. The van der Waals surface area contributed by atoms with Crippen molar-refractivity contribution in [1.82, 2.24) is 14.5 Å². The molecule has 1 aliphatic heterocycles. The van der Waals surface area contributed by atoms with E-state index in [1.807, 2.05) is 24.4 Å². The molecule has 0 spiro atoms. The van der Waals surface area contributed by atoms with Crippen LogP contribution in [0.1, 0.15) is 32.1 Å². The van der Waals surface area contributed by atoms with Crippen molar-refractivity contribution in [3.05, 3.63) is 24.4 Å². The molecule has 0 aromatic carbocycles. The van der Waals surface area contributed by atoms with E-state index in [0.29, 0.717) is 11.5 Å². The summed E-state index contributed by atoms with van der Waals surface area (Å²) in [5.74, 6) is 0.701. The minimum absolute atomic E-state index is 0.636. The van der Waals surface area contributed by atoms with Gasteiger partial charge in [-0.3, -0.25) is 10.7 Å². The molecule has 0 radical (unpaired) electrons. The van der Waals surface area contributed by atoms with Gasteiger partial charge in [-0.25, -0.2) is 4.52 Å². The summed E-state index contributed by atoms with van der Waals surface area (Å²) in [6, 6.07) is 5.77. The van der Waals surface area contributed by atoms with Crippen LogP contribution in [-0.2, 0) is 0 Å². The number of unbranched alkanes of at least 4 members (excludes halogenated alkanes) is 1. The van der Waals surface area contributed by atoms with Gasteiger partial charge in [0.15, 0.2) is 5.82 Å². The van der Waals surface area contributed by atoms with Gasteiger partial charge in [0, 0.05) is 12.7 Å². The number of nitrogens with zero attached hydrogens (tertiary/aromatic N) is 3. The summed E-state index contributed by atoms with van der Waals surface area (Å²) in [4.78, 5) is 2.56. The van der Waals surface area contributed by atoms with Gasteiger partial charge in [-0.1, -0.05) is 12.5 Å². The maximum absolute atomic E-state index is 9.33. The predicted octanol–water partition coefficient (Wildman–Crippen LogP) is 2.81. The van der Waals surface area contributed by atoms with Gasteiger partial charge in [0.05, 0.1) is 5.52 Å². The first kappa shape index (κ1) is 15.1. The Balaban J connectivity index is 1.47. The van der Waals surface area contributed by atoms with E-state index in [1.54, 1.807) is 4.52 Å². The molecule has 1 aliphatic rings. The second kappa shape index (κ2) is 7.47. The normalized spacial score (nSPS) is 16.0. The number of pyridine rings is 1. The third kappa shape index (κ3) is 3.51. The molecule has 0 amide bonds. The average molecular weight is 303 g/mol. The first-order chi connectivity index (χ1) is 10.9. The number of fused-ring (bicyclic) bond motifs is 1. The first-order valence-electron chi connectivity index (χ1n) is 8.22. The molecule has 3 N–H and O–H groups in total. The van der Waals surface area contributed by atoms with Gasteiger partial charge in [-0.15, -0.1) is 5.10 Å². The fourth-order valence-corrected chi connectivity index (χ4v) is 3.08. The van der Waals surface area contributed by atoms with Gasteiger partial charge in [-0.05, 0) is 57.5 Å². The lowest BCUT2D eigenvalue weighted by Crippen LogP contribution is -2.30. The minimum Gasteiger partial charge on any atom is -0.367 e. The predicted molar refractivity (Wildman–Crippen MR) is 88.6 cm³/mol. The summed E-state index contributed by atoms with van der Waals surface area (Å²) in [6.45, 7) is 4.58. The smallest absolute Gasteiger partial charge is 0.174 e. The highest BCUT2D eigenvalue weighted by Gasteiger charge is 2.11. The maximum atomic E-state index is 9.33. The van der Waals surface area contributed by atoms with Crippen LogP contribution in [0.4, 0.5) is 11.5 Å². The van der Waals surface area contributed by atoms with Crippen LogP contribution in [0.25, 0.3) is 5.52 Å². The number of rotatable bonds is 7. The number of hydrogen-bond acceptors (Lipinski definition) is 5. The summed E-state index contributed by atoms with van der Waals surface area (Å²) in [5, 5.41) is 17.1. The standard InChI is InChI=1S/C16H25N5O/c22-19-15-14-8-2-6-13-21(14)18-16(15)17-9-3-7-12-20-10-4-1-5-11-20/h2,6,8,13,19,22H,1,3-5,7,9-12H2,(H,17,18). The van der Waals surface area contributed by atoms with Crippen LogP contribution in [-0.4, -0.2) is 45.9 Å². The van der Waals surface area contributed by atoms with E-state index in [4.69, 9.17) is 0 Å². The van der Waals surface area contributed by atoms with Gasteiger partial charge in [0.1, 0.15) is 5.69 Å². The first-order valence-corrected chi connectivity index (χ1v) is 8.22. The van der Waals surface area contributed by atoms with Crippen molar-refractivity contribution in [2.75, 3.05) is 37.0 Å². The molecule has 6 heteroatoms. The second-order valence-corrected chi connectivity index (χ2v) is 5.90. The van der Waals surface area contributed by atoms with E-state index >= 15 is 0 Å². The molecule has 0 bridgehead atoms. The van der Waals surface area contributed by atoms with E-state index in [-0.39, 0.29) is 0 Å². The average Bonchev–Trinajstić information content (AvgIpc) is 2.93. The molecular weight excluding hydrogens is 278 g/mol. The second-order valence-electron chi connectivity index (χ2n) is 5.90. The topological polar surface area (TPSA) is 64.8 Å². The minimum atomic E-state index is 0.636. The number of hydrogen-bond donors (Lipinski definition) is 3. The zero-order valence-corrected chi connectivity index (χ0v) is 13.0. The Morgan fingerprint density at radius 2 is 2.00 bits per heavy atom. The van der Waals surface area contributed by atoms with Crippen molar-refractivity contribution < 1.29 is 5.21 Å². The zero-order chi connectivity index (χ0) is 15.2. The van der Waals surface area contributed by atoms with Crippen molar-refractivity contribution in [2.45, 2.75) is 32.1 Å². The van der Waals surface area contributed by atoms with Crippen LogP contribution >= 0.6 is 0 Å². The van der Waals surface area contributed by atoms with Crippen LogP contribution in [0, 0.1) is 0 Å². The van der Waals surface area contributed by atoms with Crippen LogP contribution in [0.3, 0.4) is 0 Å². The van der Waals surface area contributed by atoms with E-state index in [9.17, 15) is 5.21 Å². The SMILES string of the molecule is ONc1c(NCCCCN2CCCCC2)nn2ccccc12. The van der Waals surface area contributed by atoms with Crippen molar-refractivity contribution in [2.24, 2.45) is 0 Å². The molecule has 0 unspecified atom stereocenters. The number of anilines is 2. The summed E-state index contributed by atoms with van der Waals surface area (Å²) in [7, 11) is 0. The zero-order valence-electron chi connectivity index (χ0n) is 13.0. The summed E-state index contributed by atoms with van der Waals surface area (Å²) < 4.78 is 1.76. The molecule has 0 aliphatic carbocycles. The fourth-order valence-electron chi connectivity index (χ4n) is 3.08. The van der Waals surface area contributed by atoms with E-state index in [2.05, 4.69) is 20.8 Å². The lowest BCUT2D eigenvalue weighted by atomic mass is 10.1. The van der Waals surface area contributed by atoms with Crippen LogP contribution in [0.2, 0.25) is 0 Å². The Kier molecular flexibility index (Phi) is 5.13. The molecule has 3 rings (SSSR count). The molecule has 1 saturated heterocycles. The Labute approximate surface area is 131 Å². The highest BCUT2D eigenvalue weighted by atomic mass is 16.5. The van der Waals surface area contributed by atoms with Gasteiger partial charge in [-0.2, -0.15) is 0 Å². The molecule has 6 nitrogen and oxygen atoms in total. The molecule has 0 saturated carbocycles. The summed E-state index contributed by atoms with van der Waals surface area (Å²) >= 11 is 0. The number of piperidine rings is 1. The molecule has 2 aromatic rings. The third-order valence-electron chi connectivity index (χ3n) is 4.29. The van der Waals surface area contributed by atoms with Gasteiger partial charge < -0.3 is 10.2 Å². The third-order valence-corrected chi connectivity index (χ3v) is 4.29. The monoisotopic (exact) mass is 303 g/mol. The van der Waals surface area contributed by atoms with Gasteiger partial charge in [0.2, 0.25) is 0 Å². The van der Waals surface area contributed by atoms with Crippen molar-refractivity contribution >= 4 is 17.0 Å². The lowest BCUT2D eigenvalue weighted by molar-refractivity contribution is 0.225. The Hall–Kier alpha value is -1.79. The quantitative estimate of drug-likeness (QED) is 0.542. The Bertz CT molecular complexity index is 591. The molecule has 3 heterocycles. The van der Waals surface area contributed by atoms with Gasteiger partial charge >= 0.3 is 0 Å². The summed E-state index contributed by atoms with van der Waals surface area (Å²) in [6.07, 6.45) is 8.27. The molecule has 120 valence electrons. The van der Waals surface area contributed by atoms with Crippen molar-refractivity contribution in [1.29, 1.82) is 0 Å². The Morgan fingerprint density at radius 1 is 1.14 bits per heavy atom. The van der Waals surface area contributed by atoms with Crippen molar-refractivity contribution in [3.63, 3.8) is 0 Å². The maximum Gasteiger partial charge on any atom is 0.174 e. The molecule has 1 fully saturated rings. The van der Waals surface area contributed by atoms with E-state index in [0.717, 1.165) is 18.5 Å². The van der Waals surface area contributed by atoms with Crippen LogP contribution in [0.15, 0.2) is 24.4 Å². The molecular formula is C16H25N5O. The van der Waals surface area contributed by atoms with Crippen LogP contribution in [0.5, 0.6) is 0 Å². The summed E-state index contributed by atoms with van der Waals surface area (Å²) in [5.41, 5.74) is 3.75. The van der Waals surface area contributed by atoms with Gasteiger partial charge in [0.25, 0.3) is 0 Å². The number of nitrogens with one attached hydrogen (secondary N) is 2. The highest BCUT2D eigenvalue weighted by molar-refractivity contribution is 5.82. The largest absolute Gasteiger partial charge is 0.367 e. The molecule has 22 heavy (non-hydrogen) atoms. The number of likely N-dealkylation sites (tertiary alicyclic amines) is 1. The lowest BCUT2D eigenvalue weighted by Gasteiger charge is -2.26. The van der Waals surface area contributed by atoms with Crippen molar-refractivity contribution in [3.8, 4) is 0 Å². The number of aromatic nitrogens is 2. The fraction of sp³-hybridized carbons (Fsp3) is 0.562. The molecule has 0 atom stereocenters. The molecule has 2 aromatic heterocycles. The highest BCUT2D eigenvalue weighted by Crippen LogP contribution is 2.25. The van der Waals surface area contributed by atoms with E-state index in [1.165, 1.54) is 45.3 Å².